The highest BCUT2D eigenvalue weighted by atomic mass is 79.9. The van der Waals surface area contributed by atoms with Crippen molar-refractivity contribution >= 4 is 22.1 Å². The smallest absolute Gasteiger partial charge is 0.0410 e. The molecular weight excluding hydrogens is 192 g/mol. The molecule has 0 atom stereocenters. The lowest BCUT2D eigenvalue weighted by Gasteiger charge is -1.93. The van der Waals surface area contributed by atoms with Gasteiger partial charge in [-0.2, -0.15) is 0 Å². The molecule has 0 saturated heterocycles. The molecule has 0 amide bonds. The molecule has 10 heavy (non-hydrogen) atoms. The number of rotatable bonds is 2. The Labute approximate surface area is 67.9 Å². The largest absolute Gasteiger partial charge is 0.313 e. The van der Waals surface area contributed by atoms with Gasteiger partial charge in [0.15, 0.2) is 0 Å². The van der Waals surface area contributed by atoms with Crippen molar-refractivity contribution in [1.29, 1.82) is 5.41 Å². The van der Waals surface area contributed by atoms with Crippen LogP contribution in [0.25, 0.3) is 0 Å². The highest BCUT2D eigenvalue weighted by Gasteiger charge is 1.90. The quantitative estimate of drug-likeness (QED) is 0.727. The summed E-state index contributed by atoms with van der Waals surface area (Å²) in [6, 6.07) is 1.96. The fourth-order valence-electron chi connectivity index (χ4n) is 0.685. The number of hydrogen-bond donors (Lipinski definition) is 1. The van der Waals surface area contributed by atoms with E-state index in [1.165, 1.54) is 6.21 Å². The van der Waals surface area contributed by atoms with Crippen LogP contribution >= 0.6 is 15.9 Å². The van der Waals surface area contributed by atoms with Crippen molar-refractivity contribution in [1.82, 2.24) is 4.98 Å². The molecule has 3 heteroatoms. The van der Waals surface area contributed by atoms with Crippen LogP contribution in [-0.4, -0.2) is 11.2 Å². The molecule has 0 aliphatic heterocycles. The summed E-state index contributed by atoms with van der Waals surface area (Å²) in [6.07, 6.45) is 5.51. The van der Waals surface area contributed by atoms with Crippen LogP contribution in [0.3, 0.4) is 0 Å². The molecule has 0 saturated carbocycles. The molecule has 1 N–H and O–H groups in total. The van der Waals surface area contributed by atoms with Gasteiger partial charge in [-0.15, -0.1) is 0 Å². The van der Waals surface area contributed by atoms with E-state index in [2.05, 4.69) is 20.9 Å². The third-order valence-electron chi connectivity index (χ3n) is 1.10. The number of pyridine rings is 1. The maximum absolute atomic E-state index is 6.84. The Morgan fingerprint density at radius 2 is 2.40 bits per heavy atom. The molecule has 52 valence electrons. The van der Waals surface area contributed by atoms with Crippen LogP contribution in [0.1, 0.15) is 5.56 Å². The lowest BCUT2D eigenvalue weighted by Crippen LogP contribution is -1.85. The van der Waals surface area contributed by atoms with E-state index in [1.807, 2.05) is 6.07 Å². The van der Waals surface area contributed by atoms with Crippen LogP contribution in [-0.2, 0) is 6.42 Å². The van der Waals surface area contributed by atoms with Gasteiger partial charge in [0.05, 0.1) is 0 Å². The van der Waals surface area contributed by atoms with E-state index < -0.39 is 0 Å². The summed E-state index contributed by atoms with van der Waals surface area (Å²) in [4.78, 5) is 3.95. The first kappa shape index (κ1) is 7.41. The van der Waals surface area contributed by atoms with Crippen molar-refractivity contribution in [3.8, 4) is 0 Å². The summed E-state index contributed by atoms with van der Waals surface area (Å²) in [7, 11) is 0. The Morgan fingerprint density at radius 1 is 1.60 bits per heavy atom. The van der Waals surface area contributed by atoms with Gasteiger partial charge in [0.1, 0.15) is 0 Å². The average Bonchev–Trinajstić information content (AvgIpc) is 1.88. The van der Waals surface area contributed by atoms with Crippen LogP contribution in [0.4, 0.5) is 0 Å². The minimum Gasteiger partial charge on any atom is -0.313 e. The van der Waals surface area contributed by atoms with E-state index in [-0.39, 0.29) is 0 Å². The fourth-order valence-corrected chi connectivity index (χ4v) is 1.10. The van der Waals surface area contributed by atoms with Gasteiger partial charge in [-0.1, -0.05) is 0 Å². The van der Waals surface area contributed by atoms with Gasteiger partial charge in [0.25, 0.3) is 0 Å². The molecule has 0 bridgehead atoms. The van der Waals surface area contributed by atoms with Crippen LogP contribution in [0.2, 0.25) is 0 Å². The molecule has 1 rings (SSSR count). The second kappa shape index (κ2) is 3.46. The first-order valence-corrected chi connectivity index (χ1v) is 3.70. The second-order valence-corrected chi connectivity index (χ2v) is 2.84. The van der Waals surface area contributed by atoms with Gasteiger partial charge < -0.3 is 5.41 Å². The van der Waals surface area contributed by atoms with Crippen molar-refractivity contribution in [3.63, 3.8) is 0 Å². The summed E-state index contributed by atoms with van der Waals surface area (Å²) in [5, 5.41) is 6.84. The van der Waals surface area contributed by atoms with Crippen molar-refractivity contribution in [2.24, 2.45) is 0 Å². The molecule has 0 aliphatic carbocycles. The monoisotopic (exact) mass is 198 g/mol. The van der Waals surface area contributed by atoms with Crippen molar-refractivity contribution < 1.29 is 0 Å². The molecule has 0 fully saturated rings. The third-order valence-corrected chi connectivity index (χ3v) is 1.53. The Morgan fingerprint density at radius 3 is 3.00 bits per heavy atom. The van der Waals surface area contributed by atoms with Crippen LogP contribution in [0, 0.1) is 5.41 Å². The standard InChI is InChI=1S/C7H7BrN2/c8-7-3-6(1-2-9)4-10-5-7/h2-5,9H,1H2. The number of nitrogens with zero attached hydrogens (tertiary/aromatic N) is 1. The zero-order valence-corrected chi connectivity index (χ0v) is 6.93. The van der Waals surface area contributed by atoms with E-state index in [9.17, 15) is 0 Å². The highest BCUT2D eigenvalue weighted by Crippen LogP contribution is 2.08. The molecule has 0 aliphatic rings. The normalized spacial score (nSPS) is 9.30. The maximum atomic E-state index is 6.84. The summed E-state index contributed by atoms with van der Waals surface area (Å²) < 4.78 is 0.965. The maximum Gasteiger partial charge on any atom is 0.0410 e. The third kappa shape index (κ3) is 1.92. The van der Waals surface area contributed by atoms with E-state index in [4.69, 9.17) is 5.41 Å². The summed E-state index contributed by atoms with van der Waals surface area (Å²) in [5.41, 5.74) is 1.06. The number of aromatic nitrogens is 1. The van der Waals surface area contributed by atoms with Crippen molar-refractivity contribution in [3.05, 3.63) is 28.5 Å². The van der Waals surface area contributed by atoms with E-state index in [1.54, 1.807) is 12.4 Å². The first-order chi connectivity index (χ1) is 4.83. The van der Waals surface area contributed by atoms with Crippen molar-refractivity contribution in [2.75, 3.05) is 0 Å². The summed E-state index contributed by atoms with van der Waals surface area (Å²) in [6.45, 7) is 0. The Balaban J connectivity index is 2.84. The zero-order chi connectivity index (χ0) is 7.40. The molecule has 1 aromatic heterocycles. The molecule has 2 nitrogen and oxygen atoms in total. The number of halogens is 1. The lowest BCUT2D eigenvalue weighted by atomic mass is 10.2. The van der Waals surface area contributed by atoms with Gasteiger partial charge in [-0.3, -0.25) is 4.98 Å². The van der Waals surface area contributed by atoms with Gasteiger partial charge in [-0.25, -0.2) is 0 Å². The summed E-state index contributed by atoms with van der Waals surface area (Å²) in [5.74, 6) is 0. The molecule has 1 aromatic rings. The molecule has 0 unspecified atom stereocenters. The van der Waals surface area contributed by atoms with Crippen molar-refractivity contribution in [2.45, 2.75) is 6.42 Å². The highest BCUT2D eigenvalue weighted by molar-refractivity contribution is 9.10. The number of hydrogen-bond acceptors (Lipinski definition) is 2. The lowest BCUT2D eigenvalue weighted by molar-refractivity contribution is 1.21. The molecule has 0 radical (unpaired) electrons. The predicted molar refractivity (Wildman–Crippen MR) is 44.4 cm³/mol. The van der Waals surface area contributed by atoms with Gasteiger partial charge in [-0.05, 0) is 33.8 Å². The second-order valence-electron chi connectivity index (χ2n) is 1.92. The Bertz CT molecular complexity index is 235. The zero-order valence-electron chi connectivity index (χ0n) is 5.34. The Kier molecular flexibility index (Phi) is 2.57. The first-order valence-electron chi connectivity index (χ1n) is 2.91. The van der Waals surface area contributed by atoms with E-state index in [0.717, 1.165) is 10.0 Å². The van der Waals surface area contributed by atoms with Crippen LogP contribution in [0.15, 0.2) is 22.9 Å². The molecule has 1 heterocycles. The fraction of sp³-hybridized carbons (Fsp3) is 0.143. The Hall–Kier alpha value is -0.700. The minimum absolute atomic E-state index is 0.659. The molecular formula is C7H7BrN2. The van der Waals surface area contributed by atoms with E-state index in [0.29, 0.717) is 6.42 Å². The minimum atomic E-state index is 0.659. The number of nitrogens with one attached hydrogen (secondary N) is 1. The topological polar surface area (TPSA) is 36.7 Å². The SMILES string of the molecule is N=CCc1cncc(Br)c1. The average molecular weight is 199 g/mol. The van der Waals surface area contributed by atoms with Crippen LogP contribution in [0.5, 0.6) is 0 Å². The summed E-state index contributed by atoms with van der Waals surface area (Å²) >= 11 is 3.29. The van der Waals surface area contributed by atoms with Gasteiger partial charge in [0, 0.05) is 23.3 Å². The predicted octanol–water partition coefficient (Wildman–Crippen LogP) is 2.04. The molecule has 0 aromatic carbocycles. The van der Waals surface area contributed by atoms with Crippen LogP contribution < -0.4 is 0 Å². The van der Waals surface area contributed by atoms with Gasteiger partial charge in [0.2, 0.25) is 0 Å². The van der Waals surface area contributed by atoms with Gasteiger partial charge >= 0.3 is 0 Å². The van der Waals surface area contributed by atoms with E-state index >= 15 is 0 Å². The molecule has 0 spiro atoms.